The summed E-state index contributed by atoms with van der Waals surface area (Å²) < 4.78 is 5.82. The van der Waals surface area contributed by atoms with Crippen molar-refractivity contribution in [2.24, 2.45) is 14.1 Å². The van der Waals surface area contributed by atoms with Crippen LogP contribution in [0.1, 0.15) is 48.2 Å². The summed E-state index contributed by atoms with van der Waals surface area (Å²) in [6, 6.07) is 14.0. The molecular weight excluding hydrogens is 695 g/mol. The number of hydrogen-bond acceptors (Lipinski definition) is 10. The molecule has 0 saturated carbocycles. The fraction of sp³-hybridized carbons (Fsp3) is 0.350. The van der Waals surface area contributed by atoms with Crippen LogP contribution < -0.4 is 15.5 Å². The van der Waals surface area contributed by atoms with Gasteiger partial charge in [-0.1, -0.05) is 20.8 Å². The smallest absolute Gasteiger partial charge is 0.185 e. The summed E-state index contributed by atoms with van der Waals surface area (Å²) in [5.41, 5.74) is 7.87. The second-order valence-electron chi connectivity index (χ2n) is 12.9. The monoisotopic (exact) mass is 747 g/mol. The molecule has 0 unspecified atom stereocenters. The number of likely N-dealkylation sites (N-methyl/N-ethyl adjacent to an activating group) is 1. The number of fused-ring (bicyclic) bond motifs is 2. The molecule has 15 nitrogen and oxygen atoms in total. The van der Waals surface area contributed by atoms with Crippen LogP contribution in [0.3, 0.4) is 0 Å². The number of anilines is 3. The first kappa shape index (κ1) is 40.0. The fourth-order valence-electron chi connectivity index (χ4n) is 6.18. The van der Waals surface area contributed by atoms with Crippen LogP contribution in [-0.4, -0.2) is 108 Å². The first-order chi connectivity index (χ1) is 26.7. The number of nitrogens with one attached hydrogen (secondary N) is 4. The van der Waals surface area contributed by atoms with E-state index in [-0.39, 0.29) is 0 Å². The zero-order valence-electron chi connectivity index (χ0n) is 33.1. The maximum atomic E-state index is 10.8. The van der Waals surface area contributed by atoms with E-state index in [1.54, 1.807) is 43.2 Å². The van der Waals surface area contributed by atoms with Crippen molar-refractivity contribution in [3.8, 4) is 23.2 Å². The molecule has 0 bridgehead atoms. The molecule has 6 heterocycles. The molecule has 0 spiro atoms. The number of benzene rings is 2. The van der Waals surface area contributed by atoms with Gasteiger partial charge in [0.15, 0.2) is 29.6 Å². The van der Waals surface area contributed by atoms with E-state index in [9.17, 15) is 9.59 Å². The topological polar surface area (TPSA) is 163 Å². The minimum atomic E-state index is 0.435. The molecule has 2 aromatic carbocycles. The molecule has 1 aliphatic rings. The second-order valence-corrected chi connectivity index (χ2v) is 12.9. The molecule has 0 radical (unpaired) electrons. The number of aromatic nitrogens is 9. The zero-order chi connectivity index (χ0) is 39.5. The van der Waals surface area contributed by atoms with Crippen molar-refractivity contribution >= 4 is 51.8 Å². The summed E-state index contributed by atoms with van der Waals surface area (Å²) in [6.45, 7) is 11.4. The lowest BCUT2D eigenvalue weighted by atomic mass is 10.2. The third kappa shape index (κ3) is 9.48. The summed E-state index contributed by atoms with van der Waals surface area (Å²) in [6.07, 6.45) is 10.1. The number of aryl methyl sites for hydroxylation is 3. The average molecular weight is 748 g/mol. The number of imidazole rings is 4. The van der Waals surface area contributed by atoms with Crippen LogP contribution in [0.4, 0.5) is 17.2 Å². The lowest BCUT2D eigenvalue weighted by molar-refractivity contribution is 0.110. The average Bonchev–Trinajstić information content (AvgIpc) is 4.06. The van der Waals surface area contributed by atoms with Crippen LogP contribution in [0.2, 0.25) is 0 Å². The quantitative estimate of drug-likeness (QED) is 0.123. The molecule has 8 rings (SSSR count). The molecule has 7 aromatic rings. The molecule has 15 heteroatoms. The number of H-pyrrole nitrogens is 2. The van der Waals surface area contributed by atoms with Crippen molar-refractivity contribution in [2.45, 2.75) is 33.7 Å². The molecule has 290 valence electrons. The highest BCUT2D eigenvalue weighted by Gasteiger charge is 2.16. The van der Waals surface area contributed by atoms with Gasteiger partial charge in [0.1, 0.15) is 12.1 Å². The first-order valence-corrected chi connectivity index (χ1v) is 18.6. The van der Waals surface area contributed by atoms with Crippen molar-refractivity contribution in [1.82, 2.24) is 48.5 Å². The molecule has 1 saturated heterocycles. The molecule has 1 fully saturated rings. The molecule has 1 aliphatic heterocycles. The Morgan fingerprint density at radius 3 is 2.09 bits per heavy atom. The van der Waals surface area contributed by atoms with Crippen molar-refractivity contribution in [2.75, 3.05) is 62.9 Å². The predicted molar refractivity (Wildman–Crippen MR) is 222 cm³/mol. The molecule has 55 heavy (non-hydrogen) atoms. The number of rotatable bonds is 9. The third-order valence-electron chi connectivity index (χ3n) is 9.18. The van der Waals surface area contributed by atoms with Crippen LogP contribution in [0, 0.1) is 0 Å². The van der Waals surface area contributed by atoms with Gasteiger partial charge in [0, 0.05) is 97.0 Å². The number of carbonyl (C=O) groups is 2. The van der Waals surface area contributed by atoms with Crippen molar-refractivity contribution in [3.63, 3.8) is 0 Å². The first-order valence-electron chi connectivity index (χ1n) is 18.6. The van der Waals surface area contributed by atoms with Crippen molar-refractivity contribution in [3.05, 3.63) is 78.6 Å². The Hall–Kier alpha value is -6.22. The molecule has 0 amide bonds. The van der Waals surface area contributed by atoms with Gasteiger partial charge in [0.2, 0.25) is 0 Å². The molecular formula is C40H53N13O2. The van der Waals surface area contributed by atoms with Gasteiger partial charge in [-0.25, -0.2) is 19.9 Å². The lowest BCUT2D eigenvalue weighted by Crippen LogP contribution is -2.44. The van der Waals surface area contributed by atoms with Crippen LogP contribution in [0.25, 0.3) is 45.2 Å². The van der Waals surface area contributed by atoms with Crippen LogP contribution >= 0.6 is 0 Å². The number of aldehydes is 2. The van der Waals surface area contributed by atoms with E-state index in [2.05, 4.69) is 98.9 Å². The van der Waals surface area contributed by atoms with Gasteiger partial charge in [0.05, 0.1) is 33.4 Å². The van der Waals surface area contributed by atoms with Gasteiger partial charge in [-0.15, -0.1) is 0 Å². The Kier molecular flexibility index (Phi) is 13.6. The fourth-order valence-corrected chi connectivity index (χ4v) is 6.18. The van der Waals surface area contributed by atoms with Gasteiger partial charge in [-0.05, 0) is 55.9 Å². The Morgan fingerprint density at radius 1 is 0.782 bits per heavy atom. The second kappa shape index (κ2) is 18.7. The maximum Gasteiger partial charge on any atom is 0.185 e. The van der Waals surface area contributed by atoms with Crippen LogP contribution in [0.5, 0.6) is 0 Å². The highest BCUT2D eigenvalue weighted by molar-refractivity contribution is 5.86. The zero-order valence-corrected chi connectivity index (χ0v) is 33.1. The number of aromatic amines is 2. The van der Waals surface area contributed by atoms with Gasteiger partial charge in [-0.3, -0.25) is 9.59 Å². The summed E-state index contributed by atoms with van der Waals surface area (Å²) in [7, 11) is 9.69. The Morgan fingerprint density at radius 2 is 1.47 bits per heavy atom. The lowest BCUT2D eigenvalue weighted by Gasteiger charge is -2.34. The normalized spacial score (nSPS) is 12.6. The van der Waals surface area contributed by atoms with E-state index in [1.165, 1.54) is 5.69 Å². The predicted octanol–water partition coefficient (Wildman–Crippen LogP) is 6.31. The minimum Gasteiger partial charge on any atom is -0.387 e. The molecule has 5 aromatic heterocycles. The third-order valence-corrected chi connectivity index (χ3v) is 9.18. The van der Waals surface area contributed by atoms with Crippen LogP contribution in [-0.2, 0) is 20.6 Å². The highest BCUT2D eigenvalue weighted by atomic mass is 16.1. The largest absolute Gasteiger partial charge is 0.387 e. The minimum absolute atomic E-state index is 0.435. The number of hydrogen-bond donors (Lipinski definition) is 4. The van der Waals surface area contributed by atoms with Crippen LogP contribution in [0.15, 0.2) is 67.3 Å². The Balaban J connectivity index is 0.000000167. The van der Waals surface area contributed by atoms with E-state index in [0.29, 0.717) is 17.2 Å². The summed E-state index contributed by atoms with van der Waals surface area (Å²) in [4.78, 5) is 50.1. The highest BCUT2D eigenvalue weighted by Crippen LogP contribution is 2.27. The van der Waals surface area contributed by atoms with Crippen molar-refractivity contribution in [1.29, 1.82) is 0 Å². The molecule has 4 N–H and O–H groups in total. The van der Waals surface area contributed by atoms with E-state index in [0.717, 1.165) is 103 Å². The standard InChI is InChI=1S/C18H24N6.C14H14N4O.C6H9N3O.C2H6/c1-19-13-10-17(23(3)12-13)18-20-15-5-4-14(11-16(15)21-18)24-8-6-22(2)7-9-24;1-2-6-18-7-5-15-14(18)13-16-11-4-3-10(9-19)8-12(11)17-13;1-7-5-3-9(2)6(4-10)8-5;1-2/h4-5,10-12,19H,6-9H2,1-3H3,(H,20,21);3-5,7-9H,2,6H2,1H3,(H,16,17);3-4,7H,1-2H3;1-2H3. The summed E-state index contributed by atoms with van der Waals surface area (Å²) >= 11 is 0. The van der Waals surface area contributed by atoms with Gasteiger partial charge in [0.25, 0.3) is 0 Å². The van der Waals surface area contributed by atoms with Gasteiger partial charge < -0.3 is 44.1 Å². The van der Waals surface area contributed by atoms with Gasteiger partial charge >= 0.3 is 0 Å². The van der Waals surface area contributed by atoms with E-state index in [4.69, 9.17) is 4.98 Å². The Bertz CT molecular complexity index is 2300. The molecule has 0 aliphatic carbocycles. The number of piperazine rings is 1. The number of carbonyl (C=O) groups excluding carboxylic acids is 2. The van der Waals surface area contributed by atoms with E-state index < -0.39 is 0 Å². The SMILES string of the molecule is CC.CCCn1ccnc1-c1nc2ccc(C=O)cc2[nH]1.CNc1cc(-c2nc3ccc(N4CCN(C)CC4)cc3[nH]2)n(C)c1.CNc1cn(C)c(C=O)n1. The summed E-state index contributed by atoms with van der Waals surface area (Å²) in [5.74, 6) is 3.61. The maximum absolute atomic E-state index is 10.8. The summed E-state index contributed by atoms with van der Waals surface area (Å²) in [5, 5.41) is 6.01. The number of nitrogens with zero attached hydrogens (tertiary/aromatic N) is 9. The van der Waals surface area contributed by atoms with Gasteiger partial charge in [-0.2, -0.15) is 0 Å². The van der Waals surface area contributed by atoms with E-state index >= 15 is 0 Å². The Labute approximate surface area is 321 Å². The molecule has 0 atom stereocenters. The van der Waals surface area contributed by atoms with Crippen molar-refractivity contribution < 1.29 is 9.59 Å². The van der Waals surface area contributed by atoms with E-state index in [1.807, 2.05) is 40.2 Å².